The Bertz CT molecular complexity index is 227. The summed E-state index contributed by atoms with van der Waals surface area (Å²) in [5.74, 6) is 0. The van der Waals surface area contributed by atoms with Gasteiger partial charge >= 0.3 is 0 Å². The van der Waals surface area contributed by atoms with E-state index in [0.717, 1.165) is 6.54 Å². The Morgan fingerprint density at radius 1 is 1.00 bits per heavy atom. The molecule has 0 unspecified atom stereocenters. The molecular weight excluding hydrogens is 196 g/mol. The Morgan fingerprint density at radius 2 is 1.62 bits per heavy atom. The molecule has 2 rings (SSSR count). The largest absolute Gasteiger partial charge is 0.329 e. The van der Waals surface area contributed by atoms with Crippen molar-refractivity contribution in [3.63, 3.8) is 0 Å². The standard InChI is InChI=1S/C14H28N2/c1-13(2)9-10-16(12-13)14(11-15)7-5-3-4-6-8-14/h3-12,15H2,1-2H3. The highest BCUT2D eigenvalue weighted by Crippen LogP contribution is 2.39. The van der Waals surface area contributed by atoms with Crippen molar-refractivity contribution in [1.82, 2.24) is 4.90 Å². The number of nitrogens with zero attached hydrogens (tertiary/aromatic N) is 1. The molecule has 0 aromatic heterocycles. The topological polar surface area (TPSA) is 29.3 Å². The summed E-state index contributed by atoms with van der Waals surface area (Å²) >= 11 is 0. The van der Waals surface area contributed by atoms with Gasteiger partial charge in [0.05, 0.1) is 0 Å². The van der Waals surface area contributed by atoms with Gasteiger partial charge in [0, 0.05) is 18.6 Å². The fourth-order valence-corrected chi connectivity index (χ4v) is 3.55. The van der Waals surface area contributed by atoms with Crippen LogP contribution >= 0.6 is 0 Å². The monoisotopic (exact) mass is 224 g/mol. The first-order valence-corrected chi connectivity index (χ1v) is 7.03. The normalized spacial score (nSPS) is 30.2. The summed E-state index contributed by atoms with van der Waals surface area (Å²) in [4.78, 5) is 2.72. The van der Waals surface area contributed by atoms with Crippen LogP contribution in [0.2, 0.25) is 0 Å². The molecule has 1 saturated carbocycles. The van der Waals surface area contributed by atoms with Crippen molar-refractivity contribution in [3.05, 3.63) is 0 Å². The van der Waals surface area contributed by atoms with Gasteiger partial charge in [-0.15, -0.1) is 0 Å². The van der Waals surface area contributed by atoms with Gasteiger partial charge in [-0.25, -0.2) is 0 Å². The molecule has 0 atom stereocenters. The Balaban J connectivity index is 2.08. The fraction of sp³-hybridized carbons (Fsp3) is 1.00. The molecule has 2 fully saturated rings. The van der Waals surface area contributed by atoms with E-state index in [1.807, 2.05) is 0 Å². The summed E-state index contributed by atoms with van der Waals surface area (Å²) in [5.41, 5.74) is 6.99. The van der Waals surface area contributed by atoms with Crippen LogP contribution in [0.3, 0.4) is 0 Å². The molecule has 2 heteroatoms. The van der Waals surface area contributed by atoms with Crippen LogP contribution in [0.25, 0.3) is 0 Å². The maximum absolute atomic E-state index is 6.13. The van der Waals surface area contributed by atoms with Crippen LogP contribution in [0, 0.1) is 5.41 Å². The minimum Gasteiger partial charge on any atom is -0.329 e. The molecule has 1 heterocycles. The van der Waals surface area contributed by atoms with E-state index in [1.165, 1.54) is 58.0 Å². The lowest BCUT2D eigenvalue weighted by atomic mass is 9.87. The molecule has 0 aromatic rings. The van der Waals surface area contributed by atoms with E-state index in [4.69, 9.17) is 5.73 Å². The van der Waals surface area contributed by atoms with Gasteiger partial charge < -0.3 is 5.73 Å². The fourth-order valence-electron chi connectivity index (χ4n) is 3.55. The van der Waals surface area contributed by atoms with E-state index in [-0.39, 0.29) is 0 Å². The Morgan fingerprint density at radius 3 is 2.06 bits per heavy atom. The zero-order valence-corrected chi connectivity index (χ0v) is 11.1. The molecule has 0 amide bonds. The highest BCUT2D eigenvalue weighted by Gasteiger charge is 2.41. The SMILES string of the molecule is CC1(C)CCN(C2(CN)CCCCCC2)C1. The average molecular weight is 224 g/mol. The molecule has 1 saturated heterocycles. The lowest BCUT2D eigenvalue weighted by molar-refractivity contribution is 0.0940. The molecule has 2 aliphatic rings. The van der Waals surface area contributed by atoms with Gasteiger partial charge in [0.25, 0.3) is 0 Å². The first kappa shape index (κ1) is 12.4. The minimum atomic E-state index is 0.351. The molecule has 0 aromatic carbocycles. The van der Waals surface area contributed by atoms with Crippen LogP contribution in [0.4, 0.5) is 0 Å². The van der Waals surface area contributed by atoms with Crippen molar-refractivity contribution in [2.45, 2.75) is 64.3 Å². The quantitative estimate of drug-likeness (QED) is 0.731. The molecular formula is C14H28N2. The molecule has 0 bridgehead atoms. The van der Waals surface area contributed by atoms with E-state index in [2.05, 4.69) is 18.7 Å². The minimum absolute atomic E-state index is 0.351. The van der Waals surface area contributed by atoms with Crippen LogP contribution in [-0.4, -0.2) is 30.1 Å². The first-order chi connectivity index (χ1) is 7.58. The maximum Gasteiger partial charge on any atom is 0.0331 e. The van der Waals surface area contributed by atoms with Crippen molar-refractivity contribution < 1.29 is 0 Å². The second kappa shape index (κ2) is 4.66. The van der Waals surface area contributed by atoms with Crippen molar-refractivity contribution >= 4 is 0 Å². The number of rotatable bonds is 2. The van der Waals surface area contributed by atoms with Gasteiger partial charge in [0.1, 0.15) is 0 Å². The van der Waals surface area contributed by atoms with Crippen molar-refractivity contribution in [3.8, 4) is 0 Å². The number of hydrogen-bond acceptors (Lipinski definition) is 2. The Labute approximate surface area is 101 Å². The van der Waals surface area contributed by atoms with Crippen LogP contribution in [0.5, 0.6) is 0 Å². The van der Waals surface area contributed by atoms with Gasteiger partial charge in [-0.05, 0) is 31.2 Å². The van der Waals surface area contributed by atoms with Gasteiger partial charge in [-0.1, -0.05) is 39.5 Å². The van der Waals surface area contributed by atoms with E-state index in [1.54, 1.807) is 0 Å². The first-order valence-electron chi connectivity index (χ1n) is 7.03. The van der Waals surface area contributed by atoms with Gasteiger partial charge in [0.15, 0.2) is 0 Å². The second-order valence-corrected chi connectivity index (χ2v) is 6.68. The van der Waals surface area contributed by atoms with Crippen molar-refractivity contribution in [2.24, 2.45) is 11.1 Å². The molecule has 16 heavy (non-hydrogen) atoms. The van der Waals surface area contributed by atoms with Crippen LogP contribution in [0.1, 0.15) is 58.8 Å². The molecule has 0 spiro atoms. The summed E-state index contributed by atoms with van der Waals surface area (Å²) in [7, 11) is 0. The Hall–Kier alpha value is -0.0800. The number of likely N-dealkylation sites (tertiary alicyclic amines) is 1. The molecule has 0 radical (unpaired) electrons. The Kier molecular flexibility index (Phi) is 3.60. The van der Waals surface area contributed by atoms with E-state index in [9.17, 15) is 0 Å². The molecule has 2 nitrogen and oxygen atoms in total. The maximum atomic E-state index is 6.13. The molecule has 1 aliphatic carbocycles. The number of nitrogens with two attached hydrogens (primary N) is 1. The lowest BCUT2D eigenvalue weighted by Crippen LogP contribution is -2.53. The zero-order valence-electron chi connectivity index (χ0n) is 11.1. The summed E-state index contributed by atoms with van der Waals surface area (Å²) in [6.07, 6.45) is 9.61. The molecule has 1 aliphatic heterocycles. The van der Waals surface area contributed by atoms with E-state index >= 15 is 0 Å². The number of hydrogen-bond donors (Lipinski definition) is 1. The highest BCUT2D eigenvalue weighted by atomic mass is 15.2. The summed E-state index contributed by atoms with van der Waals surface area (Å²) in [6, 6.07) is 0. The van der Waals surface area contributed by atoms with Crippen molar-refractivity contribution in [1.29, 1.82) is 0 Å². The highest BCUT2D eigenvalue weighted by molar-refractivity contribution is 4.98. The zero-order chi connectivity index (χ0) is 11.6. The average Bonchev–Trinajstić information content (AvgIpc) is 2.52. The van der Waals surface area contributed by atoms with Crippen LogP contribution in [-0.2, 0) is 0 Å². The molecule has 94 valence electrons. The smallest absolute Gasteiger partial charge is 0.0331 e. The third-order valence-electron chi connectivity index (χ3n) is 4.76. The third-order valence-corrected chi connectivity index (χ3v) is 4.76. The van der Waals surface area contributed by atoms with E-state index in [0.29, 0.717) is 11.0 Å². The van der Waals surface area contributed by atoms with Gasteiger partial charge in [0.2, 0.25) is 0 Å². The van der Waals surface area contributed by atoms with Crippen LogP contribution in [0.15, 0.2) is 0 Å². The summed E-state index contributed by atoms with van der Waals surface area (Å²) in [5, 5.41) is 0. The predicted octanol–water partition coefficient (Wildman–Crippen LogP) is 2.77. The molecule has 2 N–H and O–H groups in total. The van der Waals surface area contributed by atoms with Crippen molar-refractivity contribution in [2.75, 3.05) is 19.6 Å². The lowest BCUT2D eigenvalue weighted by Gasteiger charge is -2.41. The second-order valence-electron chi connectivity index (χ2n) is 6.68. The summed E-state index contributed by atoms with van der Waals surface area (Å²) < 4.78 is 0. The van der Waals surface area contributed by atoms with E-state index < -0.39 is 0 Å². The third kappa shape index (κ3) is 2.43. The van der Waals surface area contributed by atoms with Gasteiger partial charge in [-0.3, -0.25) is 4.90 Å². The summed E-state index contributed by atoms with van der Waals surface area (Å²) in [6.45, 7) is 8.18. The van der Waals surface area contributed by atoms with Gasteiger partial charge in [-0.2, -0.15) is 0 Å². The van der Waals surface area contributed by atoms with Crippen LogP contribution < -0.4 is 5.73 Å². The predicted molar refractivity (Wildman–Crippen MR) is 69.5 cm³/mol.